The second-order valence-electron chi connectivity index (χ2n) is 7.56. The van der Waals surface area contributed by atoms with Gasteiger partial charge >= 0.3 is 5.97 Å². The average molecular weight is 437 g/mol. The number of methoxy groups -OCH3 is 1. The number of thiophene rings is 1. The van der Waals surface area contributed by atoms with E-state index in [1.165, 1.54) is 17.5 Å². The van der Waals surface area contributed by atoms with Gasteiger partial charge in [-0.2, -0.15) is 4.31 Å². The Balaban J connectivity index is 1.89. The average Bonchev–Trinajstić information content (AvgIpc) is 3.26. The SMILES string of the molecule is COC(=O)C(C)(C)CNC(=O)C1Cc2ccccc2CN1S(=O)(=O)c1cccs1. The molecule has 0 radical (unpaired) electrons. The first kappa shape index (κ1) is 21.5. The lowest BCUT2D eigenvalue weighted by Crippen LogP contribution is -2.54. The summed E-state index contributed by atoms with van der Waals surface area (Å²) >= 11 is 1.12. The molecule has 0 spiro atoms. The summed E-state index contributed by atoms with van der Waals surface area (Å²) in [7, 11) is -2.54. The summed E-state index contributed by atoms with van der Waals surface area (Å²) in [5, 5.41) is 4.44. The zero-order valence-corrected chi connectivity index (χ0v) is 18.2. The van der Waals surface area contributed by atoms with E-state index < -0.39 is 33.4 Å². The highest BCUT2D eigenvalue weighted by atomic mass is 32.2. The molecule has 0 saturated heterocycles. The molecule has 1 amide bonds. The molecule has 0 fully saturated rings. The van der Waals surface area contributed by atoms with Crippen LogP contribution in [0.3, 0.4) is 0 Å². The second-order valence-corrected chi connectivity index (χ2v) is 10.6. The molecule has 3 rings (SSSR count). The minimum absolute atomic E-state index is 0.0452. The lowest BCUT2D eigenvalue weighted by Gasteiger charge is -2.35. The third kappa shape index (κ3) is 4.36. The lowest BCUT2D eigenvalue weighted by atomic mass is 9.92. The van der Waals surface area contributed by atoms with Crippen molar-refractivity contribution >= 4 is 33.2 Å². The van der Waals surface area contributed by atoms with Crippen LogP contribution in [0.4, 0.5) is 0 Å². The number of hydrogen-bond donors (Lipinski definition) is 1. The van der Waals surface area contributed by atoms with E-state index in [1.807, 2.05) is 24.3 Å². The van der Waals surface area contributed by atoms with Crippen LogP contribution in [-0.2, 0) is 37.3 Å². The molecule has 29 heavy (non-hydrogen) atoms. The van der Waals surface area contributed by atoms with Crippen LogP contribution >= 0.6 is 11.3 Å². The summed E-state index contributed by atoms with van der Waals surface area (Å²) in [6, 6.07) is 9.82. The molecule has 2 heterocycles. The number of ether oxygens (including phenoxy) is 1. The third-order valence-corrected chi connectivity index (χ3v) is 8.24. The third-order valence-electron chi connectivity index (χ3n) is 5.01. The normalized spacial score (nSPS) is 17.4. The molecule has 2 aromatic rings. The van der Waals surface area contributed by atoms with Crippen LogP contribution in [0.2, 0.25) is 0 Å². The van der Waals surface area contributed by atoms with Crippen molar-refractivity contribution in [2.45, 2.75) is 37.1 Å². The minimum Gasteiger partial charge on any atom is -0.469 e. The van der Waals surface area contributed by atoms with Crippen molar-refractivity contribution in [1.29, 1.82) is 0 Å². The Labute approximate surface area is 174 Å². The number of carbonyl (C=O) groups is 2. The number of rotatable bonds is 6. The molecule has 1 unspecified atom stereocenters. The monoisotopic (exact) mass is 436 g/mol. The first-order valence-corrected chi connectivity index (χ1v) is 11.5. The predicted molar refractivity (Wildman–Crippen MR) is 110 cm³/mol. The van der Waals surface area contributed by atoms with Crippen molar-refractivity contribution in [3.05, 3.63) is 52.9 Å². The Bertz CT molecular complexity index is 1000. The maximum atomic E-state index is 13.2. The van der Waals surface area contributed by atoms with Crippen molar-refractivity contribution in [2.75, 3.05) is 13.7 Å². The number of nitrogens with zero attached hydrogens (tertiary/aromatic N) is 1. The summed E-state index contributed by atoms with van der Waals surface area (Å²) in [6.07, 6.45) is 0.269. The number of fused-ring (bicyclic) bond motifs is 1. The fourth-order valence-electron chi connectivity index (χ4n) is 3.28. The maximum absolute atomic E-state index is 13.2. The highest BCUT2D eigenvalue weighted by Crippen LogP contribution is 2.31. The molecule has 1 N–H and O–H groups in total. The molecule has 7 nitrogen and oxygen atoms in total. The van der Waals surface area contributed by atoms with Gasteiger partial charge in [-0.05, 0) is 42.8 Å². The molecule has 0 aliphatic carbocycles. The van der Waals surface area contributed by atoms with E-state index in [-0.39, 0.29) is 23.7 Å². The predicted octanol–water partition coefficient (Wildman–Crippen LogP) is 2.18. The zero-order chi connectivity index (χ0) is 21.2. The summed E-state index contributed by atoms with van der Waals surface area (Å²) in [4.78, 5) is 24.9. The Kier molecular flexibility index (Phi) is 6.11. The number of esters is 1. The van der Waals surface area contributed by atoms with E-state index in [0.717, 1.165) is 22.5 Å². The molecule has 0 saturated carbocycles. The van der Waals surface area contributed by atoms with Crippen molar-refractivity contribution in [2.24, 2.45) is 5.41 Å². The van der Waals surface area contributed by atoms with Gasteiger partial charge < -0.3 is 10.1 Å². The molecule has 1 aliphatic heterocycles. The quantitative estimate of drug-likeness (QED) is 0.701. The van der Waals surface area contributed by atoms with Crippen molar-refractivity contribution < 1.29 is 22.7 Å². The molecule has 1 aromatic heterocycles. The van der Waals surface area contributed by atoms with Crippen molar-refractivity contribution in [3.63, 3.8) is 0 Å². The summed E-state index contributed by atoms with van der Waals surface area (Å²) in [5.41, 5.74) is 0.901. The van der Waals surface area contributed by atoms with E-state index in [4.69, 9.17) is 4.74 Å². The standard InChI is InChI=1S/C20H24N2O5S2/c1-20(2,19(24)27-3)13-21-18(23)16-11-14-7-4-5-8-15(14)12-22(16)29(25,26)17-9-6-10-28-17/h4-10,16H,11-13H2,1-3H3,(H,21,23). The highest BCUT2D eigenvalue weighted by molar-refractivity contribution is 7.91. The topological polar surface area (TPSA) is 92.8 Å². The van der Waals surface area contributed by atoms with E-state index in [2.05, 4.69) is 5.32 Å². The number of hydrogen-bond acceptors (Lipinski definition) is 6. The van der Waals surface area contributed by atoms with Crippen LogP contribution in [0.25, 0.3) is 0 Å². The fraction of sp³-hybridized carbons (Fsp3) is 0.400. The Morgan fingerprint density at radius 1 is 1.21 bits per heavy atom. The fourth-order valence-corrected chi connectivity index (χ4v) is 5.96. The summed E-state index contributed by atoms with van der Waals surface area (Å²) in [6.45, 7) is 3.49. The number of sulfonamides is 1. The van der Waals surface area contributed by atoms with E-state index in [9.17, 15) is 18.0 Å². The summed E-state index contributed by atoms with van der Waals surface area (Å²) < 4.78 is 32.6. The largest absolute Gasteiger partial charge is 0.469 e. The van der Waals surface area contributed by atoms with Gasteiger partial charge in [-0.3, -0.25) is 9.59 Å². The van der Waals surface area contributed by atoms with E-state index >= 15 is 0 Å². The summed E-state index contributed by atoms with van der Waals surface area (Å²) in [5.74, 6) is -0.883. The van der Waals surface area contributed by atoms with Gasteiger partial charge in [-0.1, -0.05) is 30.3 Å². The first-order chi connectivity index (χ1) is 13.7. The Hall–Kier alpha value is -2.23. The molecule has 0 bridgehead atoms. The van der Waals surface area contributed by atoms with E-state index in [1.54, 1.807) is 25.3 Å². The van der Waals surface area contributed by atoms with Crippen molar-refractivity contribution in [3.8, 4) is 0 Å². The minimum atomic E-state index is -3.83. The highest BCUT2D eigenvalue weighted by Gasteiger charge is 2.40. The molecule has 1 aliphatic rings. The number of carbonyl (C=O) groups excluding carboxylic acids is 2. The molecule has 1 aromatic carbocycles. The van der Waals surface area contributed by atoms with Crippen LogP contribution in [0.15, 0.2) is 46.0 Å². The van der Waals surface area contributed by atoms with Gasteiger partial charge in [0.1, 0.15) is 10.3 Å². The van der Waals surface area contributed by atoms with Gasteiger partial charge in [-0.15, -0.1) is 11.3 Å². The van der Waals surface area contributed by atoms with Gasteiger partial charge in [0.05, 0.1) is 12.5 Å². The van der Waals surface area contributed by atoms with Gasteiger partial charge in [0, 0.05) is 13.1 Å². The zero-order valence-electron chi connectivity index (χ0n) is 16.5. The van der Waals surface area contributed by atoms with Gasteiger partial charge in [0.15, 0.2) is 0 Å². The number of benzene rings is 1. The maximum Gasteiger partial charge on any atom is 0.313 e. The van der Waals surface area contributed by atoms with E-state index in [0.29, 0.717) is 0 Å². The molecule has 1 atom stereocenters. The van der Waals surface area contributed by atoms with Crippen LogP contribution in [0.5, 0.6) is 0 Å². The molecule has 9 heteroatoms. The number of amides is 1. The van der Waals surface area contributed by atoms with Gasteiger partial charge in [0.2, 0.25) is 5.91 Å². The lowest BCUT2D eigenvalue weighted by molar-refractivity contribution is -0.150. The Morgan fingerprint density at radius 2 is 1.90 bits per heavy atom. The van der Waals surface area contributed by atoms with Crippen LogP contribution < -0.4 is 5.32 Å². The van der Waals surface area contributed by atoms with Crippen LogP contribution in [0.1, 0.15) is 25.0 Å². The first-order valence-electron chi connectivity index (χ1n) is 9.15. The second kappa shape index (κ2) is 8.25. The number of nitrogens with one attached hydrogen (secondary N) is 1. The molecular weight excluding hydrogens is 412 g/mol. The Morgan fingerprint density at radius 3 is 2.52 bits per heavy atom. The van der Waals surface area contributed by atoms with Crippen LogP contribution in [0, 0.1) is 5.41 Å². The molecule has 156 valence electrons. The van der Waals surface area contributed by atoms with Gasteiger partial charge in [-0.25, -0.2) is 8.42 Å². The van der Waals surface area contributed by atoms with Crippen LogP contribution in [-0.4, -0.2) is 44.3 Å². The van der Waals surface area contributed by atoms with Gasteiger partial charge in [0.25, 0.3) is 10.0 Å². The smallest absolute Gasteiger partial charge is 0.313 e. The molecular formula is C20H24N2O5S2. The van der Waals surface area contributed by atoms with Crippen molar-refractivity contribution in [1.82, 2.24) is 9.62 Å².